The number of hydrogen-bond acceptors (Lipinski definition) is 3. The van der Waals surface area contributed by atoms with Crippen molar-refractivity contribution in [1.82, 2.24) is 4.98 Å². The van der Waals surface area contributed by atoms with Gasteiger partial charge >= 0.3 is 0 Å². The Balaban J connectivity index is 3.00. The summed E-state index contributed by atoms with van der Waals surface area (Å²) < 4.78 is 5.06. The first-order chi connectivity index (χ1) is 6.53. The van der Waals surface area contributed by atoms with E-state index in [1.165, 1.54) is 0 Å². The van der Waals surface area contributed by atoms with Crippen LogP contribution in [0.1, 0.15) is 19.4 Å². The Morgan fingerprint density at radius 1 is 1.50 bits per heavy atom. The second-order valence-electron chi connectivity index (χ2n) is 3.53. The number of ether oxygens (including phenoxy) is 1. The molecule has 2 N–H and O–H groups in total. The Kier molecular flexibility index (Phi) is 3.10. The van der Waals surface area contributed by atoms with E-state index in [0.29, 0.717) is 5.88 Å². The van der Waals surface area contributed by atoms with Crippen LogP contribution in [0.5, 0.6) is 5.88 Å². The molecule has 1 aromatic rings. The topological polar surface area (TPSA) is 48.1 Å². The molecule has 1 aromatic heterocycles. The summed E-state index contributed by atoms with van der Waals surface area (Å²) in [4.78, 5) is 4.03. The fourth-order valence-electron chi connectivity index (χ4n) is 0.877. The lowest BCUT2D eigenvalue weighted by atomic mass is 10.1. The van der Waals surface area contributed by atoms with Crippen LogP contribution >= 0.6 is 0 Å². The van der Waals surface area contributed by atoms with Gasteiger partial charge in [-0.3, -0.25) is 0 Å². The van der Waals surface area contributed by atoms with Crippen molar-refractivity contribution < 1.29 is 4.74 Å². The van der Waals surface area contributed by atoms with E-state index in [1.54, 1.807) is 13.3 Å². The highest BCUT2D eigenvalue weighted by atomic mass is 16.5. The van der Waals surface area contributed by atoms with E-state index in [1.807, 2.05) is 26.0 Å². The minimum Gasteiger partial charge on any atom is -0.480 e. The van der Waals surface area contributed by atoms with Gasteiger partial charge in [0, 0.05) is 6.20 Å². The van der Waals surface area contributed by atoms with Gasteiger partial charge in [-0.25, -0.2) is 4.98 Å². The highest BCUT2D eigenvalue weighted by Crippen LogP contribution is 2.11. The molecule has 74 valence electrons. The van der Waals surface area contributed by atoms with Crippen LogP contribution in [-0.2, 0) is 0 Å². The standard InChI is InChI=1S/C11H14N2O/c1-11(2,12)7-6-9-5-4-8-13-10(9)14-3/h4-5,8H,12H2,1-3H3. The van der Waals surface area contributed by atoms with E-state index in [-0.39, 0.29) is 0 Å². The Labute approximate surface area is 84.3 Å². The van der Waals surface area contributed by atoms with Gasteiger partial charge in [-0.1, -0.05) is 11.8 Å². The summed E-state index contributed by atoms with van der Waals surface area (Å²) in [6, 6.07) is 3.67. The first-order valence-electron chi connectivity index (χ1n) is 4.34. The minimum atomic E-state index is -0.499. The van der Waals surface area contributed by atoms with Gasteiger partial charge in [0.2, 0.25) is 5.88 Å². The van der Waals surface area contributed by atoms with Crippen molar-refractivity contribution in [3.05, 3.63) is 23.9 Å². The molecule has 0 aromatic carbocycles. The molecule has 0 atom stereocenters. The van der Waals surface area contributed by atoms with E-state index in [4.69, 9.17) is 10.5 Å². The Morgan fingerprint density at radius 2 is 2.21 bits per heavy atom. The lowest BCUT2D eigenvalue weighted by Crippen LogP contribution is -2.29. The molecule has 0 unspecified atom stereocenters. The zero-order chi connectivity index (χ0) is 10.6. The lowest BCUT2D eigenvalue weighted by Gasteiger charge is -2.07. The molecule has 0 saturated carbocycles. The van der Waals surface area contributed by atoms with Crippen molar-refractivity contribution in [3.63, 3.8) is 0 Å². The average Bonchev–Trinajstić information content (AvgIpc) is 2.14. The van der Waals surface area contributed by atoms with Crippen molar-refractivity contribution >= 4 is 0 Å². The average molecular weight is 190 g/mol. The molecule has 0 bridgehead atoms. The maximum atomic E-state index is 5.74. The SMILES string of the molecule is COc1ncccc1C#CC(C)(C)N. The number of rotatable bonds is 1. The van der Waals surface area contributed by atoms with Gasteiger partial charge in [0.15, 0.2) is 0 Å². The number of nitrogens with two attached hydrogens (primary N) is 1. The van der Waals surface area contributed by atoms with E-state index >= 15 is 0 Å². The van der Waals surface area contributed by atoms with Crippen molar-refractivity contribution in [1.29, 1.82) is 0 Å². The predicted octanol–water partition coefficient (Wildman–Crippen LogP) is 1.18. The van der Waals surface area contributed by atoms with Crippen LogP contribution in [0.15, 0.2) is 18.3 Å². The number of nitrogens with zero attached hydrogens (tertiary/aromatic N) is 1. The van der Waals surface area contributed by atoms with Gasteiger partial charge in [0.05, 0.1) is 18.2 Å². The van der Waals surface area contributed by atoms with E-state index in [0.717, 1.165) is 5.56 Å². The molecule has 3 heteroatoms. The van der Waals surface area contributed by atoms with Crippen LogP contribution in [0.3, 0.4) is 0 Å². The molecule has 14 heavy (non-hydrogen) atoms. The molecule has 1 heterocycles. The summed E-state index contributed by atoms with van der Waals surface area (Å²) in [5, 5.41) is 0. The normalized spacial score (nSPS) is 10.3. The highest BCUT2D eigenvalue weighted by Gasteiger charge is 2.05. The summed E-state index contributed by atoms with van der Waals surface area (Å²) in [5.74, 6) is 6.39. The van der Waals surface area contributed by atoms with Gasteiger partial charge in [0.25, 0.3) is 0 Å². The molecule has 0 saturated heterocycles. The van der Waals surface area contributed by atoms with Gasteiger partial charge < -0.3 is 10.5 Å². The predicted molar refractivity (Wildman–Crippen MR) is 55.9 cm³/mol. The second-order valence-corrected chi connectivity index (χ2v) is 3.53. The first kappa shape index (κ1) is 10.6. The third-order valence-corrected chi connectivity index (χ3v) is 1.48. The Morgan fingerprint density at radius 3 is 2.79 bits per heavy atom. The fraction of sp³-hybridized carbons (Fsp3) is 0.364. The molecule has 0 aliphatic heterocycles. The maximum absolute atomic E-state index is 5.74. The summed E-state index contributed by atoms with van der Waals surface area (Å²) in [6.45, 7) is 3.70. The number of hydrogen-bond donors (Lipinski definition) is 1. The van der Waals surface area contributed by atoms with Crippen LogP contribution in [0, 0.1) is 11.8 Å². The first-order valence-corrected chi connectivity index (χ1v) is 4.34. The van der Waals surface area contributed by atoms with Gasteiger partial charge in [-0.05, 0) is 26.0 Å². The molecule has 0 fully saturated rings. The third kappa shape index (κ3) is 3.08. The summed E-state index contributed by atoms with van der Waals surface area (Å²) in [7, 11) is 1.57. The van der Waals surface area contributed by atoms with Crippen molar-refractivity contribution in [3.8, 4) is 17.7 Å². The molecule has 0 radical (unpaired) electrons. The summed E-state index contributed by atoms with van der Waals surface area (Å²) in [5.41, 5.74) is 6.00. The van der Waals surface area contributed by atoms with Crippen molar-refractivity contribution in [2.24, 2.45) is 5.73 Å². The minimum absolute atomic E-state index is 0.499. The largest absolute Gasteiger partial charge is 0.480 e. The van der Waals surface area contributed by atoms with Gasteiger partial charge in [-0.2, -0.15) is 0 Å². The van der Waals surface area contributed by atoms with Crippen LogP contribution in [-0.4, -0.2) is 17.6 Å². The van der Waals surface area contributed by atoms with E-state index in [9.17, 15) is 0 Å². The molecule has 3 nitrogen and oxygen atoms in total. The number of methoxy groups -OCH3 is 1. The number of aromatic nitrogens is 1. The van der Waals surface area contributed by atoms with Crippen LogP contribution < -0.4 is 10.5 Å². The lowest BCUT2D eigenvalue weighted by molar-refractivity contribution is 0.396. The van der Waals surface area contributed by atoms with E-state index in [2.05, 4.69) is 16.8 Å². The molecular weight excluding hydrogens is 176 g/mol. The van der Waals surface area contributed by atoms with Crippen LogP contribution in [0.2, 0.25) is 0 Å². The van der Waals surface area contributed by atoms with Crippen LogP contribution in [0.4, 0.5) is 0 Å². The number of pyridine rings is 1. The van der Waals surface area contributed by atoms with Gasteiger partial charge in [-0.15, -0.1) is 0 Å². The molecule has 0 amide bonds. The third-order valence-electron chi connectivity index (χ3n) is 1.48. The van der Waals surface area contributed by atoms with E-state index < -0.39 is 5.54 Å². The zero-order valence-electron chi connectivity index (χ0n) is 8.66. The Bertz CT molecular complexity index is 369. The molecule has 0 aliphatic carbocycles. The quantitative estimate of drug-likeness (QED) is 0.676. The zero-order valence-corrected chi connectivity index (χ0v) is 8.66. The molecule has 0 spiro atoms. The maximum Gasteiger partial charge on any atom is 0.229 e. The van der Waals surface area contributed by atoms with Gasteiger partial charge in [0.1, 0.15) is 0 Å². The fourth-order valence-corrected chi connectivity index (χ4v) is 0.877. The molecular formula is C11H14N2O. The van der Waals surface area contributed by atoms with Crippen LogP contribution in [0.25, 0.3) is 0 Å². The Hall–Kier alpha value is -1.53. The smallest absolute Gasteiger partial charge is 0.229 e. The monoisotopic (exact) mass is 190 g/mol. The summed E-state index contributed by atoms with van der Waals surface area (Å²) in [6.07, 6.45) is 1.66. The molecule has 0 aliphatic rings. The van der Waals surface area contributed by atoms with Crippen molar-refractivity contribution in [2.75, 3.05) is 7.11 Å². The highest BCUT2D eigenvalue weighted by molar-refractivity contribution is 5.42. The molecule has 1 rings (SSSR count). The second kappa shape index (κ2) is 4.12. The summed E-state index contributed by atoms with van der Waals surface area (Å²) >= 11 is 0. The van der Waals surface area contributed by atoms with Crippen molar-refractivity contribution in [2.45, 2.75) is 19.4 Å².